The molecule has 0 fully saturated rings. The van der Waals surface area contributed by atoms with Crippen molar-refractivity contribution in [3.63, 3.8) is 0 Å². The Balaban J connectivity index is -0.000000140. The maximum absolute atomic E-state index is 10.2. The van der Waals surface area contributed by atoms with Gasteiger partial charge in [0.05, 0.1) is 0 Å². The largest absolute Gasteiger partial charge is 0.481 e. The van der Waals surface area contributed by atoms with E-state index in [1.54, 1.807) is 0 Å². The summed E-state index contributed by atoms with van der Waals surface area (Å²) in [7, 11) is 0. The summed E-state index contributed by atoms with van der Waals surface area (Å²) in [6.07, 6.45) is 40.6. The van der Waals surface area contributed by atoms with Crippen molar-refractivity contribution < 1.29 is 78.6 Å². The number of hydrogen-bond donors (Lipinski definition) is 4. The zero-order valence-corrected chi connectivity index (χ0v) is 40.5. The predicted molar refractivity (Wildman–Crippen MR) is 219 cm³/mol. The molecular weight excluding hydrogens is 787 g/mol. The first-order valence-electron chi connectivity index (χ1n) is 20.4. The maximum atomic E-state index is 10.2. The van der Waals surface area contributed by atoms with Crippen LogP contribution in [0.4, 0.5) is 0 Å². The minimum Gasteiger partial charge on any atom is -0.481 e. The molecule has 0 spiro atoms. The number of carboxylic acids is 4. The van der Waals surface area contributed by atoms with Crippen LogP contribution in [0.15, 0.2) is 50.6 Å². The summed E-state index contributed by atoms with van der Waals surface area (Å²) in [5, 5.41) is 33.5. The molecule has 0 aromatic heterocycles. The van der Waals surface area contributed by atoms with Crippen molar-refractivity contribution in [3.8, 4) is 0 Å². The normalized spacial score (nSPS) is 9.48. The Kier molecular flexibility index (Phi) is 71.5. The molecule has 4 N–H and O–H groups in total. The third kappa shape index (κ3) is 83.2. The zero-order chi connectivity index (χ0) is 39.8. The molecule has 0 unspecified atom stereocenters. The van der Waals surface area contributed by atoms with Crippen LogP contribution in [0.1, 0.15) is 205 Å². The Morgan fingerprint density at radius 3 is 0.537 bits per heavy atom. The number of aliphatic carboxylic acids is 4. The number of carboxylic acid groups (broad SMARTS) is 4. The van der Waals surface area contributed by atoms with Crippen LogP contribution in [0.25, 0.3) is 0 Å². The minimum absolute atomic E-state index is 0. The van der Waals surface area contributed by atoms with Crippen LogP contribution < -0.4 is 0 Å². The second-order valence-corrected chi connectivity index (χ2v) is 13.4. The number of hydrogen-bond acceptors (Lipinski definition) is 4. The summed E-state index contributed by atoms with van der Waals surface area (Å²) in [6, 6.07) is 0. The Hall–Kier alpha value is -1.91. The Morgan fingerprint density at radius 1 is 0.278 bits per heavy atom. The van der Waals surface area contributed by atoms with Crippen LogP contribution in [-0.2, 0) is 58.1 Å². The molecule has 0 aliphatic carbocycles. The van der Waals surface area contributed by atoms with Gasteiger partial charge >= 0.3 is 23.9 Å². The van der Waals surface area contributed by atoms with E-state index in [4.69, 9.17) is 20.4 Å². The summed E-state index contributed by atoms with van der Waals surface area (Å²) < 4.78 is 0. The molecule has 0 atom stereocenters. The SMILES string of the molecule is C=CCCCCCCCCC(=O)O.C=CCCCCCCCCC(=O)O.C=CCCCCCCCCC(=O)O.C=CCCCCCCCCC(=O)O.[Zn].[Zn]. The van der Waals surface area contributed by atoms with Gasteiger partial charge in [-0.1, -0.05) is 127 Å². The van der Waals surface area contributed by atoms with Crippen LogP contribution in [0.2, 0.25) is 0 Å². The molecule has 0 heterocycles. The summed E-state index contributed by atoms with van der Waals surface area (Å²) in [4.78, 5) is 40.6. The van der Waals surface area contributed by atoms with Gasteiger partial charge in [-0.3, -0.25) is 19.2 Å². The molecule has 0 radical (unpaired) electrons. The Morgan fingerprint density at radius 2 is 0.407 bits per heavy atom. The average molecular weight is 868 g/mol. The van der Waals surface area contributed by atoms with E-state index in [0.29, 0.717) is 25.7 Å². The summed E-state index contributed by atoms with van der Waals surface area (Å²) in [6.45, 7) is 14.6. The van der Waals surface area contributed by atoms with E-state index >= 15 is 0 Å². The van der Waals surface area contributed by atoms with Gasteiger partial charge in [-0.15, -0.1) is 26.3 Å². The number of allylic oxidation sites excluding steroid dienone is 4. The van der Waals surface area contributed by atoms with Crippen LogP contribution in [0.3, 0.4) is 0 Å². The standard InChI is InChI=1S/4C11H20O2.2Zn/c4*1-2-3-4-5-6-7-8-9-10-11(12)13;;/h4*2H,1,3-10H2,(H,12,13);;. The minimum atomic E-state index is -0.674. The Bertz CT molecular complexity index is 712. The van der Waals surface area contributed by atoms with Gasteiger partial charge in [-0.2, -0.15) is 0 Å². The van der Waals surface area contributed by atoms with Crippen molar-refractivity contribution in [1.82, 2.24) is 0 Å². The zero-order valence-electron chi connectivity index (χ0n) is 34.6. The van der Waals surface area contributed by atoms with Gasteiger partial charge in [0.15, 0.2) is 0 Å². The topological polar surface area (TPSA) is 149 Å². The van der Waals surface area contributed by atoms with E-state index in [9.17, 15) is 19.2 Å². The molecule has 0 rings (SSSR count). The fourth-order valence-corrected chi connectivity index (χ4v) is 5.09. The number of unbranched alkanes of at least 4 members (excludes halogenated alkanes) is 24. The summed E-state index contributed by atoms with van der Waals surface area (Å²) >= 11 is 0. The molecule has 0 amide bonds. The van der Waals surface area contributed by atoms with E-state index in [1.807, 2.05) is 24.3 Å². The molecular formula is C44H80O8Zn2. The van der Waals surface area contributed by atoms with E-state index < -0.39 is 23.9 Å². The van der Waals surface area contributed by atoms with Crippen LogP contribution in [0.5, 0.6) is 0 Å². The van der Waals surface area contributed by atoms with E-state index in [0.717, 1.165) is 77.0 Å². The first-order valence-corrected chi connectivity index (χ1v) is 20.4. The quantitative estimate of drug-likeness (QED) is 0.0276. The van der Waals surface area contributed by atoms with Gasteiger partial charge in [0.1, 0.15) is 0 Å². The smallest absolute Gasteiger partial charge is 0.303 e. The first kappa shape index (κ1) is 64.0. The van der Waals surface area contributed by atoms with Crippen molar-refractivity contribution >= 4 is 23.9 Å². The summed E-state index contributed by atoms with van der Waals surface area (Å²) in [5.74, 6) is -2.70. The average Bonchev–Trinajstić information content (AvgIpc) is 3.10. The molecule has 0 aromatic rings. The van der Waals surface area contributed by atoms with Gasteiger partial charge < -0.3 is 20.4 Å². The van der Waals surface area contributed by atoms with E-state index in [1.165, 1.54) is 103 Å². The van der Waals surface area contributed by atoms with Crippen LogP contribution >= 0.6 is 0 Å². The molecule has 308 valence electrons. The second-order valence-electron chi connectivity index (χ2n) is 13.4. The van der Waals surface area contributed by atoms with Gasteiger partial charge in [0.2, 0.25) is 0 Å². The van der Waals surface area contributed by atoms with Gasteiger partial charge in [-0.05, 0) is 77.0 Å². The van der Waals surface area contributed by atoms with Gasteiger partial charge in [-0.25, -0.2) is 0 Å². The fourth-order valence-electron chi connectivity index (χ4n) is 5.09. The molecule has 0 saturated carbocycles. The predicted octanol–water partition coefficient (Wildman–Crippen LogP) is 13.5. The van der Waals surface area contributed by atoms with Gasteiger partial charge in [0.25, 0.3) is 0 Å². The van der Waals surface area contributed by atoms with E-state index in [2.05, 4.69) is 26.3 Å². The van der Waals surface area contributed by atoms with Crippen molar-refractivity contribution in [2.45, 2.75) is 205 Å². The molecule has 10 heteroatoms. The third-order valence-electron chi connectivity index (χ3n) is 8.20. The molecule has 0 saturated heterocycles. The summed E-state index contributed by atoms with van der Waals surface area (Å²) in [5.41, 5.74) is 0. The first-order chi connectivity index (χ1) is 25.1. The van der Waals surface area contributed by atoms with Gasteiger partial charge in [0, 0.05) is 64.6 Å². The number of carbonyl (C=O) groups is 4. The molecule has 0 bridgehead atoms. The number of rotatable bonds is 36. The van der Waals surface area contributed by atoms with Crippen molar-refractivity contribution in [2.24, 2.45) is 0 Å². The monoisotopic (exact) mass is 864 g/mol. The third-order valence-corrected chi connectivity index (χ3v) is 8.20. The molecule has 8 nitrogen and oxygen atoms in total. The molecule has 0 aliphatic heterocycles. The second kappa shape index (κ2) is 60.3. The van der Waals surface area contributed by atoms with Crippen molar-refractivity contribution in [3.05, 3.63) is 50.6 Å². The molecule has 0 aliphatic rings. The molecule has 54 heavy (non-hydrogen) atoms. The van der Waals surface area contributed by atoms with Crippen molar-refractivity contribution in [2.75, 3.05) is 0 Å². The van der Waals surface area contributed by atoms with Crippen molar-refractivity contribution in [1.29, 1.82) is 0 Å². The Labute approximate surface area is 356 Å². The fraction of sp³-hybridized carbons (Fsp3) is 0.727. The van der Waals surface area contributed by atoms with E-state index in [-0.39, 0.29) is 39.0 Å². The van der Waals surface area contributed by atoms with Crippen LogP contribution in [-0.4, -0.2) is 44.3 Å². The van der Waals surface area contributed by atoms with Crippen LogP contribution in [0, 0.1) is 0 Å². The maximum Gasteiger partial charge on any atom is 0.303 e. The molecule has 0 aromatic carbocycles.